The summed E-state index contributed by atoms with van der Waals surface area (Å²) in [5.74, 6) is 0. The molecule has 1 aromatic heterocycles. The van der Waals surface area contributed by atoms with Crippen molar-refractivity contribution in [3.63, 3.8) is 0 Å². The summed E-state index contributed by atoms with van der Waals surface area (Å²) in [5.41, 5.74) is 1.22. The molecule has 1 N–H and O–H groups in total. The fourth-order valence-electron chi connectivity index (χ4n) is 2.05. The summed E-state index contributed by atoms with van der Waals surface area (Å²) in [6, 6.07) is 2.47. The summed E-state index contributed by atoms with van der Waals surface area (Å²) in [5, 5.41) is 7.88. The van der Waals surface area contributed by atoms with Crippen molar-refractivity contribution >= 4 is 11.3 Å². The van der Waals surface area contributed by atoms with Crippen LogP contribution in [0.5, 0.6) is 0 Å². The molecule has 0 aliphatic rings. The predicted molar refractivity (Wildman–Crippen MR) is 71.1 cm³/mol. The second-order valence-electron chi connectivity index (χ2n) is 4.15. The Morgan fingerprint density at radius 2 is 2.19 bits per heavy atom. The molecule has 16 heavy (non-hydrogen) atoms. The van der Waals surface area contributed by atoms with E-state index in [2.05, 4.69) is 49.8 Å². The van der Waals surface area contributed by atoms with Crippen molar-refractivity contribution in [2.75, 3.05) is 13.2 Å². The zero-order valence-electron chi connectivity index (χ0n) is 10.7. The van der Waals surface area contributed by atoms with Gasteiger partial charge in [0.1, 0.15) is 0 Å². The number of thiophene rings is 1. The number of rotatable bonds is 7. The predicted octanol–water partition coefficient (Wildman–Crippen LogP) is 3.60. The number of hydrogen-bond donors (Lipinski definition) is 1. The lowest BCUT2D eigenvalue weighted by atomic mass is 9.89. The molecule has 0 spiro atoms. The van der Waals surface area contributed by atoms with Crippen LogP contribution in [0, 0.1) is 0 Å². The minimum atomic E-state index is -0.119. The van der Waals surface area contributed by atoms with Gasteiger partial charge in [-0.1, -0.05) is 13.8 Å². The standard InChI is InChI=1S/C13H23NOS/c1-5-13(4,15-7-3)12(14-6-2)11-8-9-16-10-11/h8-10,12,14H,5-7H2,1-4H3. The second kappa shape index (κ2) is 6.38. The van der Waals surface area contributed by atoms with Crippen LogP contribution >= 0.6 is 11.3 Å². The van der Waals surface area contributed by atoms with Gasteiger partial charge in [-0.2, -0.15) is 11.3 Å². The lowest BCUT2D eigenvalue weighted by Gasteiger charge is -2.37. The fraction of sp³-hybridized carbons (Fsp3) is 0.692. The van der Waals surface area contributed by atoms with Gasteiger partial charge < -0.3 is 10.1 Å². The molecule has 0 aliphatic heterocycles. The van der Waals surface area contributed by atoms with Gasteiger partial charge in [0.25, 0.3) is 0 Å². The van der Waals surface area contributed by atoms with E-state index in [-0.39, 0.29) is 11.6 Å². The first-order chi connectivity index (χ1) is 7.68. The molecule has 0 saturated carbocycles. The van der Waals surface area contributed by atoms with Crippen LogP contribution in [0.4, 0.5) is 0 Å². The van der Waals surface area contributed by atoms with E-state index in [0.717, 1.165) is 19.6 Å². The summed E-state index contributed by atoms with van der Waals surface area (Å²) in [6.45, 7) is 10.3. The molecule has 0 aromatic carbocycles. The normalized spacial score (nSPS) is 17.0. The third-order valence-electron chi connectivity index (χ3n) is 3.07. The van der Waals surface area contributed by atoms with E-state index in [1.54, 1.807) is 11.3 Å². The first-order valence-electron chi connectivity index (χ1n) is 6.07. The lowest BCUT2D eigenvalue weighted by molar-refractivity contribution is -0.0559. The summed E-state index contributed by atoms with van der Waals surface area (Å²) >= 11 is 1.74. The van der Waals surface area contributed by atoms with Crippen LogP contribution in [0.15, 0.2) is 16.8 Å². The van der Waals surface area contributed by atoms with E-state index >= 15 is 0 Å². The molecular weight excluding hydrogens is 218 g/mol. The lowest BCUT2D eigenvalue weighted by Crippen LogP contribution is -2.43. The van der Waals surface area contributed by atoms with E-state index in [4.69, 9.17) is 4.74 Å². The Bertz CT molecular complexity index is 286. The van der Waals surface area contributed by atoms with Gasteiger partial charge in [0, 0.05) is 6.61 Å². The maximum Gasteiger partial charge on any atom is 0.0845 e. The monoisotopic (exact) mass is 241 g/mol. The smallest absolute Gasteiger partial charge is 0.0845 e. The van der Waals surface area contributed by atoms with Gasteiger partial charge >= 0.3 is 0 Å². The average Bonchev–Trinajstić information content (AvgIpc) is 2.79. The summed E-state index contributed by atoms with van der Waals surface area (Å²) in [6.07, 6.45) is 1.01. The molecule has 0 bridgehead atoms. The maximum atomic E-state index is 5.96. The Balaban J connectivity index is 2.90. The van der Waals surface area contributed by atoms with Crippen LogP contribution in [0.1, 0.15) is 45.7 Å². The van der Waals surface area contributed by atoms with Crippen LogP contribution in [-0.4, -0.2) is 18.8 Å². The third kappa shape index (κ3) is 3.06. The van der Waals surface area contributed by atoms with Crippen LogP contribution in [-0.2, 0) is 4.74 Å². The molecule has 92 valence electrons. The van der Waals surface area contributed by atoms with E-state index in [0.29, 0.717) is 0 Å². The Morgan fingerprint density at radius 1 is 1.44 bits per heavy atom. The van der Waals surface area contributed by atoms with Gasteiger partial charge in [0.15, 0.2) is 0 Å². The van der Waals surface area contributed by atoms with Crippen molar-refractivity contribution in [1.82, 2.24) is 5.32 Å². The number of likely N-dealkylation sites (N-methyl/N-ethyl adjacent to an activating group) is 1. The van der Waals surface area contributed by atoms with E-state index in [1.165, 1.54) is 5.56 Å². The first-order valence-corrected chi connectivity index (χ1v) is 7.01. The SMILES string of the molecule is CCNC(c1ccsc1)C(C)(CC)OCC. The molecule has 0 radical (unpaired) electrons. The highest BCUT2D eigenvalue weighted by Gasteiger charge is 2.34. The highest BCUT2D eigenvalue weighted by molar-refractivity contribution is 7.07. The van der Waals surface area contributed by atoms with Crippen molar-refractivity contribution in [2.24, 2.45) is 0 Å². The summed E-state index contributed by atoms with van der Waals surface area (Å²) < 4.78 is 5.96. The summed E-state index contributed by atoms with van der Waals surface area (Å²) in [7, 11) is 0. The van der Waals surface area contributed by atoms with E-state index in [9.17, 15) is 0 Å². The van der Waals surface area contributed by atoms with Crippen LogP contribution in [0.3, 0.4) is 0 Å². The largest absolute Gasteiger partial charge is 0.374 e. The summed E-state index contributed by atoms with van der Waals surface area (Å²) in [4.78, 5) is 0. The van der Waals surface area contributed by atoms with E-state index < -0.39 is 0 Å². The van der Waals surface area contributed by atoms with Crippen molar-refractivity contribution in [1.29, 1.82) is 0 Å². The van der Waals surface area contributed by atoms with Crippen LogP contribution < -0.4 is 5.32 Å². The number of hydrogen-bond acceptors (Lipinski definition) is 3. The van der Waals surface area contributed by atoms with Gasteiger partial charge in [-0.3, -0.25) is 0 Å². The molecular formula is C13H23NOS. The maximum absolute atomic E-state index is 5.96. The van der Waals surface area contributed by atoms with Gasteiger partial charge in [0.05, 0.1) is 11.6 Å². The zero-order valence-corrected chi connectivity index (χ0v) is 11.6. The highest BCUT2D eigenvalue weighted by Crippen LogP contribution is 2.33. The fourth-order valence-corrected chi connectivity index (χ4v) is 2.73. The molecule has 2 unspecified atom stereocenters. The Kier molecular flexibility index (Phi) is 5.46. The molecule has 0 fully saturated rings. The molecule has 2 nitrogen and oxygen atoms in total. The molecule has 0 amide bonds. The Labute approximate surface area is 103 Å². The molecule has 1 rings (SSSR count). The van der Waals surface area contributed by atoms with Crippen LogP contribution in [0.2, 0.25) is 0 Å². The average molecular weight is 241 g/mol. The van der Waals surface area contributed by atoms with Crippen molar-refractivity contribution < 1.29 is 4.74 Å². The minimum Gasteiger partial charge on any atom is -0.374 e. The molecule has 0 saturated heterocycles. The Hall–Kier alpha value is -0.380. The van der Waals surface area contributed by atoms with E-state index in [1.807, 2.05) is 0 Å². The number of ether oxygens (including phenoxy) is 1. The highest BCUT2D eigenvalue weighted by atomic mass is 32.1. The van der Waals surface area contributed by atoms with Crippen LogP contribution in [0.25, 0.3) is 0 Å². The second-order valence-corrected chi connectivity index (χ2v) is 4.93. The molecule has 1 heterocycles. The van der Waals surface area contributed by atoms with Gasteiger partial charge in [-0.15, -0.1) is 0 Å². The molecule has 1 aromatic rings. The van der Waals surface area contributed by atoms with Gasteiger partial charge in [-0.05, 0) is 49.2 Å². The zero-order chi connectivity index (χ0) is 12.0. The van der Waals surface area contributed by atoms with Gasteiger partial charge in [0.2, 0.25) is 0 Å². The first kappa shape index (κ1) is 13.7. The third-order valence-corrected chi connectivity index (χ3v) is 3.77. The van der Waals surface area contributed by atoms with Crippen molar-refractivity contribution in [3.05, 3.63) is 22.4 Å². The van der Waals surface area contributed by atoms with Crippen molar-refractivity contribution in [3.8, 4) is 0 Å². The topological polar surface area (TPSA) is 21.3 Å². The Morgan fingerprint density at radius 3 is 2.62 bits per heavy atom. The number of nitrogens with one attached hydrogen (secondary N) is 1. The molecule has 0 aliphatic carbocycles. The van der Waals surface area contributed by atoms with Crippen molar-refractivity contribution in [2.45, 2.75) is 45.8 Å². The minimum absolute atomic E-state index is 0.119. The van der Waals surface area contributed by atoms with Gasteiger partial charge in [-0.25, -0.2) is 0 Å². The molecule has 2 atom stereocenters. The quantitative estimate of drug-likeness (QED) is 0.787. The molecule has 3 heteroatoms.